The van der Waals surface area contributed by atoms with Gasteiger partial charge in [-0.05, 0) is 154 Å². The van der Waals surface area contributed by atoms with E-state index in [2.05, 4.69) is 90.0 Å². The number of carbonyl (C=O) groups excluding carboxylic acids is 1. The Morgan fingerprint density at radius 2 is 0.980 bits per heavy atom. The Balaban J connectivity index is 0.000000465. The number of halogens is 13. The van der Waals surface area contributed by atoms with Crippen LogP contribution in [0.25, 0.3) is 33.7 Å². The molecule has 2 aliphatic carbocycles. The van der Waals surface area contributed by atoms with E-state index in [1.54, 1.807) is 24.3 Å². The van der Waals surface area contributed by atoms with Crippen LogP contribution in [0.5, 0.6) is 0 Å². The van der Waals surface area contributed by atoms with E-state index < -0.39 is 48.1 Å². The van der Waals surface area contributed by atoms with Crippen LogP contribution in [0.3, 0.4) is 0 Å². The molecule has 6 heterocycles. The fourth-order valence-electron chi connectivity index (χ4n) is 11.2. The van der Waals surface area contributed by atoms with Crippen LogP contribution in [0.15, 0.2) is 84.9 Å². The first-order valence-corrected chi connectivity index (χ1v) is 30.4. The fourth-order valence-corrected chi connectivity index (χ4v) is 11.6. The van der Waals surface area contributed by atoms with E-state index >= 15 is 0 Å². The number of carboxylic acids is 3. The van der Waals surface area contributed by atoms with Crippen molar-refractivity contribution in [2.75, 3.05) is 43.9 Å². The third-order valence-electron chi connectivity index (χ3n) is 15.7. The minimum Gasteiger partial charge on any atom is -0.475 e. The number of carbonyl (C=O) groups is 4. The molecule has 0 spiro atoms. The number of aliphatic hydroxyl groups is 1. The minimum atomic E-state index is -5.08. The molecule has 0 bridgehead atoms. The topological polar surface area (TPSA) is 250 Å². The smallest absolute Gasteiger partial charge is 0.475 e. The van der Waals surface area contributed by atoms with E-state index in [0.29, 0.717) is 5.78 Å². The third-order valence-corrected chi connectivity index (χ3v) is 16.3. The molecule has 2 aromatic heterocycles. The zero-order valence-electron chi connectivity index (χ0n) is 53.0. The molecule has 2 saturated carbocycles. The number of aromatic nitrogens is 6. The number of hydrogen-bond donors (Lipinski definition) is 7. The molecular formula is C65H76Cl2F11N10O8WY-. The Labute approximate surface area is 609 Å². The van der Waals surface area contributed by atoms with Crippen molar-refractivity contribution in [3.8, 4) is 22.5 Å². The predicted octanol–water partition coefficient (Wildman–Crippen LogP) is 15.3. The van der Waals surface area contributed by atoms with Gasteiger partial charge in [0.15, 0.2) is 0 Å². The second kappa shape index (κ2) is 40.3. The molecule has 6 aliphatic rings. The number of carboxylic acid groups (broad SMARTS) is 3. The second-order valence-corrected chi connectivity index (χ2v) is 22.9. The number of Topliss-reactive ketones (excluding diaryl/α,β-unsaturated/α-hetero) is 1. The number of alkyl halides is 9. The van der Waals surface area contributed by atoms with Gasteiger partial charge in [-0.15, -0.1) is 10.2 Å². The average molecular weight is 1680 g/mol. The molecule has 0 amide bonds. The van der Waals surface area contributed by atoms with E-state index in [1.807, 2.05) is 23.2 Å². The van der Waals surface area contributed by atoms with Gasteiger partial charge in [0, 0.05) is 135 Å². The molecule has 98 heavy (non-hydrogen) atoms. The summed E-state index contributed by atoms with van der Waals surface area (Å²) in [6, 6.07) is 24.0. The number of nitrogens with zero attached hydrogens (tertiary/aromatic N) is 7. The number of anilines is 2. The third kappa shape index (κ3) is 25.2. The summed E-state index contributed by atoms with van der Waals surface area (Å²) >= 11 is 12.1. The van der Waals surface area contributed by atoms with Crippen molar-refractivity contribution in [3.63, 3.8) is 0 Å². The Bertz CT molecular complexity index is 3620. The maximum Gasteiger partial charge on any atom is 0.490 e. The number of fused-ring (bicyclic) bond motifs is 6. The molecule has 4 aromatic carbocycles. The van der Waals surface area contributed by atoms with Crippen LogP contribution in [0.2, 0.25) is 10.0 Å². The summed E-state index contributed by atoms with van der Waals surface area (Å²) in [5.74, 6) is -8.63. The van der Waals surface area contributed by atoms with Gasteiger partial charge in [-0.2, -0.15) is 39.5 Å². The minimum absolute atomic E-state index is 0. The number of ketones is 1. The largest absolute Gasteiger partial charge is 0.490 e. The van der Waals surface area contributed by atoms with E-state index in [1.165, 1.54) is 71.2 Å². The van der Waals surface area contributed by atoms with Gasteiger partial charge in [0.05, 0.1) is 44.9 Å². The zero-order valence-corrected chi connectivity index (χ0v) is 60.3. The quantitative estimate of drug-likeness (QED) is 0.0580. The Hall–Kier alpha value is -6.20. The SMILES string of the molecule is C.CO.Cc1nnn2c1-c1ccc(C3=CCN(C4CCCC4)CC3)cc1C(Nc1ccc(F)c(Cl)c1)CC2.Cc1nnn2c1-c1ccc(C3=CCNCC3)cc1C(Nc1ccc(F)c(Cl)c1)CC2.O=C(O)C(F)(F)F.O=C(O)C(F)(F)F.O=C(O)C(F)(F)F.O=C1CCCC1.[CH3-].[W].[Y]. The van der Waals surface area contributed by atoms with Gasteiger partial charge in [-0.1, -0.05) is 90.3 Å². The molecular weight excluding hydrogens is 1600 g/mol. The number of benzene rings is 4. The van der Waals surface area contributed by atoms with Gasteiger partial charge >= 0.3 is 36.4 Å². The summed E-state index contributed by atoms with van der Waals surface area (Å²) < 4.78 is 127. The Morgan fingerprint density at radius 3 is 1.31 bits per heavy atom. The normalized spacial score (nSPS) is 16.8. The molecule has 2 fully saturated rings. The van der Waals surface area contributed by atoms with Gasteiger partial charge in [0.1, 0.15) is 17.4 Å². The van der Waals surface area contributed by atoms with Crippen molar-refractivity contribution in [1.82, 2.24) is 40.2 Å². The van der Waals surface area contributed by atoms with Gasteiger partial charge in [0.2, 0.25) is 0 Å². The first-order chi connectivity index (χ1) is 44.4. The van der Waals surface area contributed by atoms with Gasteiger partial charge in [0.25, 0.3) is 0 Å². The molecule has 12 rings (SSSR count). The Morgan fingerprint density at radius 1 is 0.582 bits per heavy atom. The molecule has 1 radical (unpaired) electrons. The zero-order chi connectivity index (χ0) is 69.2. The van der Waals surface area contributed by atoms with Crippen molar-refractivity contribution in [3.05, 3.63) is 148 Å². The van der Waals surface area contributed by atoms with Gasteiger partial charge in [-0.25, -0.2) is 32.5 Å². The molecule has 6 aromatic rings. The number of hydrogen-bond acceptors (Lipinski definition) is 13. The summed E-state index contributed by atoms with van der Waals surface area (Å²) in [4.78, 5) is 39.6. The molecule has 2 atom stereocenters. The molecule has 0 saturated heterocycles. The maximum atomic E-state index is 13.8. The van der Waals surface area contributed by atoms with Crippen molar-refractivity contribution >= 4 is 69.4 Å². The van der Waals surface area contributed by atoms with Crippen LogP contribution in [0.1, 0.15) is 130 Å². The van der Waals surface area contributed by atoms with Crippen LogP contribution in [0.4, 0.5) is 59.7 Å². The molecule has 4 aliphatic heterocycles. The van der Waals surface area contributed by atoms with E-state index in [4.69, 9.17) is 58.0 Å². The van der Waals surface area contributed by atoms with Crippen molar-refractivity contribution in [1.29, 1.82) is 0 Å². The van der Waals surface area contributed by atoms with Crippen molar-refractivity contribution in [2.45, 2.75) is 148 Å². The van der Waals surface area contributed by atoms with Crippen LogP contribution in [-0.2, 0) is 86.0 Å². The van der Waals surface area contributed by atoms with Gasteiger partial charge in [-0.3, -0.25) is 9.69 Å². The summed E-state index contributed by atoms with van der Waals surface area (Å²) in [7, 11) is 1.00. The first kappa shape index (κ1) is 87.9. The van der Waals surface area contributed by atoms with Crippen LogP contribution >= 0.6 is 23.2 Å². The van der Waals surface area contributed by atoms with E-state index in [9.17, 15) is 53.1 Å². The van der Waals surface area contributed by atoms with Crippen LogP contribution in [0, 0.1) is 32.9 Å². The van der Waals surface area contributed by atoms with Crippen molar-refractivity contribution in [2.24, 2.45) is 0 Å². The van der Waals surface area contributed by atoms with Crippen molar-refractivity contribution < 1.29 is 142 Å². The molecule has 7 N–H and O–H groups in total. The standard InChI is InChI=1S/C28H31ClFN5.C23H23ClFN5.C5H8O.3C2HF3O2.CH4O.CH4.CH3.W.Y/c1-18-28-23-8-6-20(19-10-13-34(14-11-19)22-4-2-3-5-22)16-24(23)27(12-15-35(28)33-32-18)31-21-7-9-26(30)25(29)17-21;1-14-23-18-4-2-16(15-6-9-26-10-7-15)12-19(18)22(8-11-30(23)29-28-14)27-17-3-5-21(25)20(24)13-17;6-5-3-1-2-4-5;3*3-2(4,5)1(6)7;1-2;;;;/h6-10,16-17,22,27,31H,2-5,11-15H2,1H3;2-6,12-13,22,26-27H,7-11H2,1H3;1-4H2;3*(H,6,7);2H,1H3;1H4;1H3;;/q;;;;;;;;-1;;. The predicted molar refractivity (Wildman–Crippen MR) is 343 cm³/mol. The number of aliphatic hydroxyl groups excluding tert-OH is 1. The average Bonchev–Trinajstić information content (AvgIpc) is 1.58. The van der Waals surface area contributed by atoms with Crippen LogP contribution in [-0.4, -0.2) is 137 Å². The van der Waals surface area contributed by atoms with Crippen LogP contribution < -0.4 is 16.0 Å². The molecule has 18 nitrogen and oxygen atoms in total. The van der Waals surface area contributed by atoms with Gasteiger partial charge < -0.3 is 43.8 Å². The van der Waals surface area contributed by atoms with E-state index in [-0.39, 0.29) is 90.8 Å². The number of aliphatic carboxylic acids is 3. The number of aryl methyl sites for hydroxylation is 4. The second-order valence-electron chi connectivity index (χ2n) is 22.1. The summed E-state index contributed by atoms with van der Waals surface area (Å²) in [6.07, 6.45) is 2.65. The monoisotopic (exact) mass is 1680 g/mol. The number of rotatable bonds is 7. The summed E-state index contributed by atoms with van der Waals surface area (Å²) in [6.45, 7) is 9.60. The first-order valence-electron chi connectivity index (χ1n) is 29.6. The maximum absolute atomic E-state index is 13.8. The summed E-state index contributed by atoms with van der Waals surface area (Å²) in [5, 5.41) is 56.6. The molecule has 33 heteroatoms. The number of nitrogens with one attached hydrogen (secondary N) is 3. The van der Waals surface area contributed by atoms with E-state index in [0.717, 1.165) is 149 Å². The molecule has 535 valence electrons. The summed E-state index contributed by atoms with van der Waals surface area (Å²) in [5.41, 5.74) is 15.7. The fraction of sp³-hybridized carbons (Fsp3) is 0.431. The molecule has 2 unspecified atom stereocenters. The Kier molecular flexibility index (Phi) is 36.1.